The average Bonchev–Trinajstić information content (AvgIpc) is 2.47. The smallest absolute Gasteiger partial charge is 0.412 e. The third-order valence-electron chi connectivity index (χ3n) is 3.38. The minimum absolute atomic E-state index is 0.425. The van der Waals surface area contributed by atoms with Gasteiger partial charge in [-0.2, -0.15) is 0 Å². The van der Waals surface area contributed by atoms with Crippen molar-refractivity contribution in [2.24, 2.45) is 0 Å². The van der Waals surface area contributed by atoms with Gasteiger partial charge in [-0.25, -0.2) is 4.79 Å². The van der Waals surface area contributed by atoms with E-state index in [0.717, 1.165) is 35.0 Å². The maximum absolute atomic E-state index is 12.2. The van der Waals surface area contributed by atoms with Crippen LogP contribution in [0, 0.1) is 0 Å². The lowest BCUT2D eigenvalue weighted by Gasteiger charge is -2.21. The fourth-order valence-corrected chi connectivity index (χ4v) is 2.42. The largest absolute Gasteiger partial charge is 0.444 e. The summed E-state index contributed by atoms with van der Waals surface area (Å²) in [5.74, 6) is 0. The van der Waals surface area contributed by atoms with Crippen LogP contribution in [0.5, 0.6) is 0 Å². The molecule has 0 bridgehead atoms. The molecule has 0 saturated carbocycles. The minimum Gasteiger partial charge on any atom is -0.444 e. The Kier molecular flexibility index (Phi) is 5.61. The SMILES string of the molecule is CCCNCc1ccc2ccccc2c1NC(=O)OC(C)(C)C. The van der Waals surface area contributed by atoms with E-state index in [9.17, 15) is 4.79 Å². The monoisotopic (exact) mass is 314 g/mol. The summed E-state index contributed by atoms with van der Waals surface area (Å²) in [7, 11) is 0. The van der Waals surface area contributed by atoms with Gasteiger partial charge in [-0.05, 0) is 44.7 Å². The number of fused-ring (bicyclic) bond motifs is 1. The fourth-order valence-electron chi connectivity index (χ4n) is 2.42. The van der Waals surface area contributed by atoms with E-state index in [4.69, 9.17) is 4.74 Å². The summed E-state index contributed by atoms with van der Waals surface area (Å²) in [5, 5.41) is 8.44. The van der Waals surface area contributed by atoms with Crippen LogP contribution < -0.4 is 10.6 Å². The van der Waals surface area contributed by atoms with Crippen LogP contribution in [0.3, 0.4) is 0 Å². The lowest BCUT2D eigenvalue weighted by Crippen LogP contribution is -2.28. The van der Waals surface area contributed by atoms with Crippen molar-refractivity contribution >= 4 is 22.6 Å². The third-order valence-corrected chi connectivity index (χ3v) is 3.38. The van der Waals surface area contributed by atoms with Crippen molar-refractivity contribution in [2.45, 2.75) is 46.3 Å². The van der Waals surface area contributed by atoms with Crippen LogP contribution in [0.1, 0.15) is 39.7 Å². The molecular weight excluding hydrogens is 288 g/mol. The maximum atomic E-state index is 12.2. The molecule has 2 aromatic rings. The number of benzene rings is 2. The topological polar surface area (TPSA) is 50.4 Å². The van der Waals surface area contributed by atoms with Crippen LogP contribution in [-0.4, -0.2) is 18.2 Å². The molecule has 0 aliphatic carbocycles. The highest BCUT2D eigenvalue weighted by Crippen LogP contribution is 2.28. The first-order chi connectivity index (χ1) is 10.9. The second-order valence-corrected chi connectivity index (χ2v) is 6.62. The second kappa shape index (κ2) is 7.47. The highest BCUT2D eigenvalue weighted by atomic mass is 16.6. The molecule has 0 atom stereocenters. The molecule has 4 nitrogen and oxygen atoms in total. The summed E-state index contributed by atoms with van der Waals surface area (Å²) in [6, 6.07) is 12.2. The van der Waals surface area contributed by atoms with E-state index >= 15 is 0 Å². The molecule has 0 unspecified atom stereocenters. The summed E-state index contributed by atoms with van der Waals surface area (Å²) >= 11 is 0. The van der Waals surface area contributed by atoms with E-state index in [-0.39, 0.29) is 0 Å². The van der Waals surface area contributed by atoms with E-state index in [1.54, 1.807) is 0 Å². The summed E-state index contributed by atoms with van der Waals surface area (Å²) < 4.78 is 5.40. The Morgan fingerprint density at radius 1 is 1.13 bits per heavy atom. The van der Waals surface area contributed by atoms with Crippen molar-refractivity contribution < 1.29 is 9.53 Å². The highest BCUT2D eigenvalue weighted by Gasteiger charge is 2.18. The van der Waals surface area contributed by atoms with E-state index in [0.29, 0.717) is 6.54 Å². The predicted octanol–water partition coefficient (Wildman–Crippen LogP) is 4.69. The van der Waals surface area contributed by atoms with Gasteiger partial charge >= 0.3 is 6.09 Å². The van der Waals surface area contributed by atoms with E-state index in [1.807, 2.05) is 45.0 Å². The molecule has 0 radical (unpaired) electrons. The zero-order chi connectivity index (χ0) is 16.9. The van der Waals surface area contributed by atoms with Crippen molar-refractivity contribution in [1.29, 1.82) is 0 Å². The Labute approximate surface area is 138 Å². The number of carbonyl (C=O) groups is 1. The van der Waals surface area contributed by atoms with Crippen LogP contribution in [0.15, 0.2) is 36.4 Å². The molecule has 0 aromatic heterocycles. The van der Waals surface area contributed by atoms with Gasteiger partial charge in [0.05, 0.1) is 5.69 Å². The zero-order valence-corrected chi connectivity index (χ0v) is 14.4. The van der Waals surface area contributed by atoms with Gasteiger partial charge in [0.1, 0.15) is 5.60 Å². The van der Waals surface area contributed by atoms with Gasteiger partial charge in [-0.3, -0.25) is 5.32 Å². The molecule has 0 heterocycles. The Morgan fingerprint density at radius 3 is 2.57 bits per heavy atom. The molecule has 2 N–H and O–H groups in total. The highest BCUT2D eigenvalue weighted by molar-refractivity contribution is 6.01. The van der Waals surface area contributed by atoms with Crippen LogP contribution >= 0.6 is 0 Å². The number of hydrogen-bond acceptors (Lipinski definition) is 3. The normalized spacial score (nSPS) is 11.5. The van der Waals surface area contributed by atoms with E-state index in [1.165, 1.54) is 0 Å². The van der Waals surface area contributed by atoms with Gasteiger partial charge in [0, 0.05) is 11.9 Å². The van der Waals surface area contributed by atoms with E-state index in [2.05, 4.69) is 29.7 Å². The summed E-state index contributed by atoms with van der Waals surface area (Å²) in [6.45, 7) is 9.37. The Morgan fingerprint density at radius 2 is 1.87 bits per heavy atom. The van der Waals surface area contributed by atoms with Gasteiger partial charge < -0.3 is 10.1 Å². The Hall–Kier alpha value is -2.07. The average molecular weight is 314 g/mol. The van der Waals surface area contributed by atoms with Crippen molar-refractivity contribution in [3.05, 3.63) is 42.0 Å². The second-order valence-electron chi connectivity index (χ2n) is 6.62. The summed E-state index contributed by atoms with van der Waals surface area (Å²) in [5.41, 5.74) is 1.36. The Bertz CT molecular complexity index is 675. The summed E-state index contributed by atoms with van der Waals surface area (Å²) in [4.78, 5) is 12.2. The Balaban J connectivity index is 2.32. The number of nitrogens with one attached hydrogen (secondary N) is 2. The van der Waals surface area contributed by atoms with Crippen molar-refractivity contribution in [2.75, 3.05) is 11.9 Å². The molecule has 23 heavy (non-hydrogen) atoms. The molecule has 2 aromatic carbocycles. The van der Waals surface area contributed by atoms with E-state index < -0.39 is 11.7 Å². The van der Waals surface area contributed by atoms with Crippen LogP contribution in [0.2, 0.25) is 0 Å². The minimum atomic E-state index is -0.519. The quantitative estimate of drug-likeness (QED) is 0.787. The molecule has 0 fully saturated rings. The molecule has 1 amide bonds. The lowest BCUT2D eigenvalue weighted by molar-refractivity contribution is 0.0636. The number of hydrogen-bond donors (Lipinski definition) is 2. The number of rotatable bonds is 5. The lowest BCUT2D eigenvalue weighted by atomic mass is 10.0. The molecule has 0 aliphatic rings. The standard InChI is InChI=1S/C19H26N2O2/c1-5-12-20-13-15-11-10-14-8-6-7-9-16(14)17(15)21-18(22)23-19(2,3)4/h6-11,20H,5,12-13H2,1-4H3,(H,21,22). The van der Waals surface area contributed by atoms with Gasteiger partial charge in [0.15, 0.2) is 0 Å². The number of carbonyl (C=O) groups excluding carboxylic acids is 1. The molecule has 2 rings (SSSR count). The molecule has 0 aliphatic heterocycles. The molecule has 0 spiro atoms. The molecule has 124 valence electrons. The fraction of sp³-hybridized carbons (Fsp3) is 0.421. The van der Waals surface area contributed by atoms with Crippen LogP contribution in [0.4, 0.5) is 10.5 Å². The number of ether oxygens (including phenoxy) is 1. The summed E-state index contributed by atoms with van der Waals surface area (Å²) in [6.07, 6.45) is 0.646. The molecular formula is C19H26N2O2. The zero-order valence-electron chi connectivity index (χ0n) is 14.4. The predicted molar refractivity (Wildman–Crippen MR) is 95.8 cm³/mol. The first-order valence-corrected chi connectivity index (χ1v) is 8.12. The maximum Gasteiger partial charge on any atom is 0.412 e. The van der Waals surface area contributed by atoms with Crippen LogP contribution in [0.25, 0.3) is 10.8 Å². The van der Waals surface area contributed by atoms with Crippen LogP contribution in [-0.2, 0) is 11.3 Å². The van der Waals surface area contributed by atoms with Gasteiger partial charge in [-0.15, -0.1) is 0 Å². The van der Waals surface area contributed by atoms with Crippen molar-refractivity contribution in [3.63, 3.8) is 0 Å². The van der Waals surface area contributed by atoms with Gasteiger partial charge in [0.25, 0.3) is 0 Å². The third kappa shape index (κ3) is 4.96. The van der Waals surface area contributed by atoms with Gasteiger partial charge in [0.2, 0.25) is 0 Å². The first kappa shape index (κ1) is 17.3. The van der Waals surface area contributed by atoms with Crippen molar-refractivity contribution in [3.8, 4) is 0 Å². The van der Waals surface area contributed by atoms with Crippen molar-refractivity contribution in [1.82, 2.24) is 5.32 Å². The molecule has 0 saturated heterocycles. The number of amides is 1. The number of anilines is 1. The van der Waals surface area contributed by atoms with Gasteiger partial charge in [-0.1, -0.05) is 43.3 Å². The molecule has 4 heteroatoms. The first-order valence-electron chi connectivity index (χ1n) is 8.12.